The number of ether oxygens (including phenoxy) is 1. The highest BCUT2D eigenvalue weighted by molar-refractivity contribution is 5.78. The molecule has 0 unspecified atom stereocenters. The van der Waals surface area contributed by atoms with Gasteiger partial charge in [0, 0.05) is 12.6 Å². The average Bonchev–Trinajstić information content (AvgIpc) is 2.53. The topological polar surface area (TPSA) is 41.6 Å². The third-order valence-electron chi connectivity index (χ3n) is 4.08. The maximum Gasteiger partial charge on any atom is 0.234 e. The lowest BCUT2D eigenvalue weighted by atomic mass is 9.95. The Bertz CT molecular complexity index is 430. The Labute approximate surface area is 133 Å². The summed E-state index contributed by atoms with van der Waals surface area (Å²) in [7, 11) is 1.99. The maximum atomic E-state index is 12.0. The largest absolute Gasteiger partial charge is 0.494 e. The zero-order valence-electron chi connectivity index (χ0n) is 13.6. The summed E-state index contributed by atoms with van der Waals surface area (Å²) in [5.74, 6) is 1.05. The predicted molar refractivity (Wildman–Crippen MR) is 89.1 cm³/mol. The van der Waals surface area contributed by atoms with Gasteiger partial charge in [-0.15, -0.1) is 0 Å². The number of benzene rings is 1. The van der Waals surface area contributed by atoms with Crippen LogP contribution in [0.25, 0.3) is 0 Å². The molecule has 0 spiro atoms. The Morgan fingerprint density at radius 3 is 2.68 bits per heavy atom. The van der Waals surface area contributed by atoms with Gasteiger partial charge in [-0.05, 0) is 38.4 Å². The molecule has 1 aliphatic rings. The number of para-hydroxylation sites is 1. The molecule has 0 saturated heterocycles. The van der Waals surface area contributed by atoms with Crippen molar-refractivity contribution in [1.29, 1.82) is 0 Å². The molecule has 4 heteroatoms. The lowest BCUT2D eigenvalue weighted by Crippen LogP contribution is -2.42. The summed E-state index contributed by atoms with van der Waals surface area (Å²) < 4.78 is 5.66. The van der Waals surface area contributed by atoms with Crippen molar-refractivity contribution in [3.05, 3.63) is 30.3 Å². The molecule has 4 nitrogen and oxygen atoms in total. The molecule has 122 valence electrons. The van der Waals surface area contributed by atoms with E-state index in [0.717, 1.165) is 31.6 Å². The molecular weight excluding hydrogens is 276 g/mol. The second kappa shape index (κ2) is 9.46. The van der Waals surface area contributed by atoms with E-state index >= 15 is 0 Å². The number of carbonyl (C=O) groups is 1. The van der Waals surface area contributed by atoms with Gasteiger partial charge in [-0.25, -0.2) is 0 Å². The number of nitrogens with one attached hydrogen (secondary N) is 1. The van der Waals surface area contributed by atoms with E-state index in [1.165, 1.54) is 19.3 Å². The minimum absolute atomic E-state index is 0.151. The van der Waals surface area contributed by atoms with E-state index in [1.807, 2.05) is 37.4 Å². The van der Waals surface area contributed by atoms with Gasteiger partial charge in [-0.3, -0.25) is 9.69 Å². The second-order valence-electron chi connectivity index (χ2n) is 6.16. The molecule has 1 aromatic carbocycles. The first kappa shape index (κ1) is 16.8. The van der Waals surface area contributed by atoms with E-state index in [1.54, 1.807) is 0 Å². The fourth-order valence-corrected chi connectivity index (χ4v) is 2.89. The van der Waals surface area contributed by atoms with Crippen LogP contribution in [0.15, 0.2) is 30.3 Å². The lowest BCUT2D eigenvalue weighted by molar-refractivity contribution is -0.122. The molecule has 0 heterocycles. The summed E-state index contributed by atoms with van der Waals surface area (Å²) in [6.45, 7) is 2.02. The summed E-state index contributed by atoms with van der Waals surface area (Å²) >= 11 is 0. The van der Waals surface area contributed by atoms with Crippen molar-refractivity contribution in [3.63, 3.8) is 0 Å². The highest BCUT2D eigenvalue weighted by Gasteiger charge is 2.16. The SMILES string of the molecule is CN(CCCOc1ccccc1)CC(=O)NC1CCCCC1. The Morgan fingerprint density at radius 2 is 1.95 bits per heavy atom. The van der Waals surface area contributed by atoms with Crippen LogP contribution in [0.4, 0.5) is 0 Å². The molecule has 1 aliphatic carbocycles. The fourth-order valence-electron chi connectivity index (χ4n) is 2.89. The smallest absolute Gasteiger partial charge is 0.234 e. The van der Waals surface area contributed by atoms with Gasteiger partial charge >= 0.3 is 0 Å². The van der Waals surface area contributed by atoms with Gasteiger partial charge in [0.25, 0.3) is 0 Å². The van der Waals surface area contributed by atoms with E-state index in [-0.39, 0.29) is 5.91 Å². The van der Waals surface area contributed by atoms with E-state index < -0.39 is 0 Å². The van der Waals surface area contributed by atoms with Crippen molar-refractivity contribution in [3.8, 4) is 5.75 Å². The van der Waals surface area contributed by atoms with Crippen molar-refractivity contribution in [1.82, 2.24) is 10.2 Å². The number of carbonyl (C=O) groups excluding carboxylic acids is 1. The van der Waals surface area contributed by atoms with Gasteiger partial charge in [-0.2, -0.15) is 0 Å². The number of nitrogens with zero attached hydrogens (tertiary/aromatic N) is 1. The van der Waals surface area contributed by atoms with Crippen LogP contribution in [-0.4, -0.2) is 43.6 Å². The molecule has 1 aromatic rings. The number of likely N-dealkylation sites (N-methyl/N-ethyl adjacent to an activating group) is 1. The third-order valence-corrected chi connectivity index (χ3v) is 4.08. The first-order chi connectivity index (χ1) is 10.7. The van der Waals surface area contributed by atoms with Gasteiger partial charge in [0.1, 0.15) is 5.75 Å². The minimum Gasteiger partial charge on any atom is -0.494 e. The van der Waals surface area contributed by atoms with Crippen molar-refractivity contribution in [2.75, 3.05) is 26.7 Å². The van der Waals surface area contributed by atoms with Crippen LogP contribution >= 0.6 is 0 Å². The molecule has 1 saturated carbocycles. The number of amides is 1. The zero-order valence-corrected chi connectivity index (χ0v) is 13.6. The standard InChI is InChI=1S/C18H28N2O2/c1-20(13-8-14-22-17-11-6-3-7-12-17)15-18(21)19-16-9-4-2-5-10-16/h3,6-7,11-12,16H,2,4-5,8-10,13-15H2,1H3,(H,19,21). The summed E-state index contributed by atoms with van der Waals surface area (Å²) in [5, 5.41) is 3.15. The van der Waals surface area contributed by atoms with Crippen molar-refractivity contribution >= 4 is 5.91 Å². The highest BCUT2D eigenvalue weighted by atomic mass is 16.5. The van der Waals surface area contributed by atoms with Crippen LogP contribution in [0.2, 0.25) is 0 Å². The molecule has 1 fully saturated rings. The van der Waals surface area contributed by atoms with Crippen LogP contribution in [0.5, 0.6) is 5.75 Å². The van der Waals surface area contributed by atoms with Gasteiger partial charge in [0.15, 0.2) is 0 Å². The van der Waals surface area contributed by atoms with E-state index in [9.17, 15) is 4.79 Å². The zero-order chi connectivity index (χ0) is 15.6. The molecule has 0 atom stereocenters. The first-order valence-electron chi connectivity index (χ1n) is 8.40. The van der Waals surface area contributed by atoms with E-state index in [0.29, 0.717) is 19.2 Å². The van der Waals surface area contributed by atoms with Crippen molar-refractivity contribution in [2.24, 2.45) is 0 Å². The number of hydrogen-bond acceptors (Lipinski definition) is 3. The molecule has 0 aromatic heterocycles. The van der Waals surface area contributed by atoms with Crippen LogP contribution in [-0.2, 0) is 4.79 Å². The van der Waals surface area contributed by atoms with Crippen LogP contribution in [0.3, 0.4) is 0 Å². The van der Waals surface area contributed by atoms with Crippen LogP contribution in [0.1, 0.15) is 38.5 Å². The second-order valence-corrected chi connectivity index (χ2v) is 6.16. The van der Waals surface area contributed by atoms with E-state index in [2.05, 4.69) is 10.2 Å². The van der Waals surface area contributed by atoms with Gasteiger partial charge in [-0.1, -0.05) is 37.5 Å². The van der Waals surface area contributed by atoms with Crippen molar-refractivity contribution < 1.29 is 9.53 Å². The van der Waals surface area contributed by atoms with Gasteiger partial charge in [0.2, 0.25) is 5.91 Å². The molecule has 1 N–H and O–H groups in total. The lowest BCUT2D eigenvalue weighted by Gasteiger charge is -2.24. The Kier molecular flexibility index (Phi) is 7.23. The summed E-state index contributed by atoms with van der Waals surface area (Å²) in [4.78, 5) is 14.1. The quantitative estimate of drug-likeness (QED) is 0.751. The third kappa shape index (κ3) is 6.48. The minimum atomic E-state index is 0.151. The van der Waals surface area contributed by atoms with Crippen molar-refractivity contribution in [2.45, 2.75) is 44.6 Å². The highest BCUT2D eigenvalue weighted by Crippen LogP contribution is 2.17. The summed E-state index contributed by atoms with van der Waals surface area (Å²) in [5.41, 5.74) is 0. The number of rotatable bonds is 8. The molecular formula is C18H28N2O2. The Hall–Kier alpha value is -1.55. The Balaban J connectivity index is 1.55. The molecule has 0 radical (unpaired) electrons. The molecule has 1 amide bonds. The summed E-state index contributed by atoms with van der Waals surface area (Å²) in [6.07, 6.45) is 7.01. The molecule has 0 bridgehead atoms. The van der Waals surface area contributed by atoms with E-state index in [4.69, 9.17) is 4.74 Å². The number of hydrogen-bond donors (Lipinski definition) is 1. The van der Waals surface area contributed by atoms with Gasteiger partial charge in [0.05, 0.1) is 13.2 Å². The average molecular weight is 304 g/mol. The fraction of sp³-hybridized carbons (Fsp3) is 0.611. The predicted octanol–water partition coefficient (Wildman–Crippen LogP) is 2.84. The van der Waals surface area contributed by atoms with Crippen LogP contribution in [0, 0.1) is 0 Å². The Morgan fingerprint density at radius 1 is 1.23 bits per heavy atom. The normalized spacial score (nSPS) is 15.7. The van der Waals surface area contributed by atoms with Crippen LogP contribution < -0.4 is 10.1 Å². The summed E-state index contributed by atoms with van der Waals surface area (Å²) in [6, 6.07) is 10.2. The first-order valence-corrected chi connectivity index (χ1v) is 8.40. The monoisotopic (exact) mass is 304 g/mol. The van der Waals surface area contributed by atoms with Gasteiger partial charge < -0.3 is 10.1 Å². The maximum absolute atomic E-state index is 12.0. The molecule has 0 aliphatic heterocycles. The molecule has 22 heavy (non-hydrogen) atoms. The molecule has 2 rings (SSSR count).